The van der Waals surface area contributed by atoms with Crippen molar-refractivity contribution in [1.82, 2.24) is 4.90 Å². The monoisotopic (exact) mass is 349 g/mol. The Morgan fingerprint density at radius 3 is 2.69 bits per heavy atom. The average molecular weight is 349 g/mol. The minimum Gasteiger partial charge on any atom is -0.507 e. The van der Waals surface area contributed by atoms with Crippen molar-refractivity contribution in [3.05, 3.63) is 59.2 Å². The summed E-state index contributed by atoms with van der Waals surface area (Å²) in [7, 11) is 0. The molecule has 2 aromatic carbocycles. The number of aromatic hydroxyl groups is 1. The van der Waals surface area contributed by atoms with Crippen LogP contribution in [-0.2, 0) is 4.79 Å². The zero-order valence-corrected chi connectivity index (χ0v) is 14.6. The summed E-state index contributed by atoms with van der Waals surface area (Å²) in [5.74, 6) is -0.728. The fourth-order valence-corrected chi connectivity index (χ4v) is 3.14. The molecule has 0 aromatic heterocycles. The van der Waals surface area contributed by atoms with E-state index in [1.54, 1.807) is 41.3 Å². The molecule has 1 fully saturated rings. The number of para-hydroxylation sites is 1. The summed E-state index contributed by atoms with van der Waals surface area (Å²) in [5, 5.41) is 19.3. The van der Waals surface area contributed by atoms with E-state index in [1.165, 1.54) is 11.0 Å². The van der Waals surface area contributed by atoms with Gasteiger partial charge < -0.3 is 14.9 Å². The molecule has 26 heavy (non-hydrogen) atoms. The van der Waals surface area contributed by atoms with Gasteiger partial charge in [-0.2, -0.15) is 5.26 Å². The summed E-state index contributed by atoms with van der Waals surface area (Å²) in [4.78, 5) is 28.5. The zero-order valence-electron chi connectivity index (χ0n) is 14.6. The van der Waals surface area contributed by atoms with Crippen molar-refractivity contribution < 1.29 is 14.7 Å². The molecule has 1 aliphatic rings. The molecule has 6 nitrogen and oxygen atoms in total. The Kier molecular flexibility index (Phi) is 4.63. The third-order valence-electron chi connectivity index (χ3n) is 4.55. The molecule has 0 saturated carbocycles. The van der Waals surface area contributed by atoms with Crippen LogP contribution in [0.2, 0.25) is 0 Å². The maximum absolute atomic E-state index is 12.8. The lowest BCUT2D eigenvalue weighted by atomic mass is 10.1. The first-order valence-electron chi connectivity index (χ1n) is 8.32. The van der Waals surface area contributed by atoms with Gasteiger partial charge in [0.15, 0.2) is 0 Å². The fourth-order valence-electron chi connectivity index (χ4n) is 3.14. The van der Waals surface area contributed by atoms with Gasteiger partial charge in [0.1, 0.15) is 18.4 Å². The number of carbonyl (C=O) groups is 2. The summed E-state index contributed by atoms with van der Waals surface area (Å²) in [5.41, 5.74) is 2.00. The van der Waals surface area contributed by atoms with Crippen molar-refractivity contribution in [2.24, 2.45) is 0 Å². The Morgan fingerprint density at radius 1 is 1.27 bits per heavy atom. The van der Waals surface area contributed by atoms with Crippen LogP contribution >= 0.6 is 0 Å². The highest BCUT2D eigenvalue weighted by Crippen LogP contribution is 2.26. The summed E-state index contributed by atoms with van der Waals surface area (Å²) in [6.07, 6.45) is 0. The van der Waals surface area contributed by atoms with Crippen LogP contribution in [0, 0.1) is 18.3 Å². The molecule has 0 unspecified atom stereocenters. The van der Waals surface area contributed by atoms with Gasteiger partial charge in [-0.3, -0.25) is 9.59 Å². The molecule has 6 heteroatoms. The van der Waals surface area contributed by atoms with Crippen LogP contribution in [0.3, 0.4) is 0 Å². The van der Waals surface area contributed by atoms with E-state index in [2.05, 4.69) is 6.07 Å². The lowest BCUT2D eigenvalue weighted by Crippen LogP contribution is -2.57. The number of benzene rings is 2. The second kappa shape index (κ2) is 6.89. The van der Waals surface area contributed by atoms with E-state index in [1.807, 2.05) is 13.8 Å². The van der Waals surface area contributed by atoms with Gasteiger partial charge in [-0.05, 0) is 43.7 Å². The predicted molar refractivity (Wildman–Crippen MR) is 96.9 cm³/mol. The third-order valence-corrected chi connectivity index (χ3v) is 4.55. The maximum Gasteiger partial charge on any atom is 0.258 e. The fraction of sp³-hybridized carbons (Fsp3) is 0.250. The Labute approximate surface area is 151 Å². The van der Waals surface area contributed by atoms with Gasteiger partial charge >= 0.3 is 0 Å². The van der Waals surface area contributed by atoms with Crippen molar-refractivity contribution in [2.45, 2.75) is 19.9 Å². The lowest BCUT2D eigenvalue weighted by molar-refractivity contribution is -0.121. The number of carbonyl (C=O) groups excluding carboxylic acids is 2. The van der Waals surface area contributed by atoms with Gasteiger partial charge in [0.05, 0.1) is 16.8 Å². The zero-order chi connectivity index (χ0) is 18.8. The van der Waals surface area contributed by atoms with Crippen molar-refractivity contribution in [3.63, 3.8) is 0 Å². The molecular weight excluding hydrogens is 330 g/mol. The van der Waals surface area contributed by atoms with Gasteiger partial charge in [0.25, 0.3) is 5.91 Å². The number of nitriles is 1. The largest absolute Gasteiger partial charge is 0.507 e. The highest BCUT2D eigenvalue weighted by atomic mass is 16.3. The molecule has 0 bridgehead atoms. The van der Waals surface area contributed by atoms with Gasteiger partial charge in [-0.25, -0.2) is 0 Å². The number of amides is 2. The first-order chi connectivity index (χ1) is 12.4. The molecule has 2 aromatic rings. The Bertz CT molecular complexity index is 917. The predicted octanol–water partition coefficient (Wildman–Crippen LogP) is 2.45. The van der Waals surface area contributed by atoms with Gasteiger partial charge in [0.2, 0.25) is 5.91 Å². The summed E-state index contributed by atoms with van der Waals surface area (Å²) in [6, 6.07) is 13.6. The quantitative estimate of drug-likeness (QED) is 0.902. The SMILES string of the molecule is Cc1ccc(C(=O)N2CC(=O)N(c3ccccc3C#N)C[C@H]2C)c(O)c1. The van der Waals surface area contributed by atoms with Crippen LogP contribution in [0.5, 0.6) is 5.75 Å². The Hall–Kier alpha value is -3.33. The molecule has 1 aliphatic heterocycles. The van der Waals surface area contributed by atoms with Crippen molar-refractivity contribution in [2.75, 3.05) is 18.0 Å². The van der Waals surface area contributed by atoms with Crippen LogP contribution in [-0.4, -0.2) is 41.0 Å². The number of hydrogen-bond donors (Lipinski definition) is 1. The highest BCUT2D eigenvalue weighted by Gasteiger charge is 2.35. The van der Waals surface area contributed by atoms with Crippen LogP contribution in [0.4, 0.5) is 5.69 Å². The first-order valence-corrected chi connectivity index (χ1v) is 8.32. The van der Waals surface area contributed by atoms with Crippen molar-refractivity contribution in [3.8, 4) is 11.8 Å². The standard InChI is InChI=1S/C20H19N3O3/c1-13-7-8-16(18(24)9-13)20(26)22-12-19(25)23(11-14(22)2)17-6-4-3-5-15(17)10-21/h3-9,14,24H,11-12H2,1-2H3/t14-/m1/s1. The molecule has 132 valence electrons. The molecule has 0 radical (unpaired) electrons. The molecule has 0 spiro atoms. The molecule has 1 atom stereocenters. The van der Waals surface area contributed by atoms with E-state index in [9.17, 15) is 20.0 Å². The number of piperazine rings is 1. The Morgan fingerprint density at radius 2 is 2.00 bits per heavy atom. The van der Waals surface area contributed by atoms with Crippen LogP contribution in [0.25, 0.3) is 0 Å². The van der Waals surface area contributed by atoms with Crippen LogP contribution in [0.15, 0.2) is 42.5 Å². The number of rotatable bonds is 2. The first kappa shape index (κ1) is 17.5. The second-order valence-electron chi connectivity index (χ2n) is 6.44. The second-order valence-corrected chi connectivity index (χ2v) is 6.44. The molecule has 2 amide bonds. The summed E-state index contributed by atoms with van der Waals surface area (Å²) < 4.78 is 0. The summed E-state index contributed by atoms with van der Waals surface area (Å²) >= 11 is 0. The van der Waals surface area contributed by atoms with E-state index in [0.29, 0.717) is 11.3 Å². The van der Waals surface area contributed by atoms with E-state index in [0.717, 1.165) is 5.56 Å². The summed E-state index contributed by atoms with van der Waals surface area (Å²) in [6.45, 7) is 3.85. The van der Waals surface area contributed by atoms with Crippen LogP contribution < -0.4 is 4.90 Å². The van der Waals surface area contributed by atoms with Gasteiger partial charge in [-0.1, -0.05) is 18.2 Å². The number of phenols is 1. The molecule has 0 aliphatic carbocycles. The molecule has 3 rings (SSSR count). The lowest BCUT2D eigenvalue weighted by Gasteiger charge is -2.39. The smallest absolute Gasteiger partial charge is 0.258 e. The van der Waals surface area contributed by atoms with E-state index < -0.39 is 0 Å². The highest BCUT2D eigenvalue weighted by molar-refractivity contribution is 6.03. The molecule has 1 N–H and O–H groups in total. The Balaban J connectivity index is 1.86. The van der Waals surface area contributed by atoms with Crippen molar-refractivity contribution >= 4 is 17.5 Å². The maximum atomic E-state index is 12.8. The van der Waals surface area contributed by atoms with E-state index in [-0.39, 0.29) is 42.3 Å². The van der Waals surface area contributed by atoms with Crippen molar-refractivity contribution in [1.29, 1.82) is 5.26 Å². The van der Waals surface area contributed by atoms with E-state index in [4.69, 9.17) is 0 Å². The number of phenolic OH excluding ortho intramolecular Hbond substituents is 1. The minimum atomic E-state index is -0.378. The normalized spacial score (nSPS) is 17.1. The van der Waals surface area contributed by atoms with Gasteiger partial charge in [0, 0.05) is 12.6 Å². The van der Waals surface area contributed by atoms with E-state index >= 15 is 0 Å². The number of nitrogens with zero attached hydrogens (tertiary/aromatic N) is 3. The molecular formula is C20H19N3O3. The minimum absolute atomic E-state index is 0.0908. The topological polar surface area (TPSA) is 84.6 Å². The van der Waals surface area contributed by atoms with Gasteiger partial charge in [-0.15, -0.1) is 0 Å². The number of anilines is 1. The number of aryl methyl sites for hydroxylation is 1. The molecule has 1 saturated heterocycles. The average Bonchev–Trinajstić information content (AvgIpc) is 2.62. The number of hydrogen-bond acceptors (Lipinski definition) is 4. The van der Waals surface area contributed by atoms with Crippen LogP contribution in [0.1, 0.15) is 28.4 Å². The third kappa shape index (κ3) is 3.11. The molecule has 1 heterocycles.